The topological polar surface area (TPSA) is 47.6 Å². The van der Waals surface area contributed by atoms with Gasteiger partial charge in [0.2, 0.25) is 0 Å². The van der Waals surface area contributed by atoms with E-state index in [0.29, 0.717) is 18.8 Å². The van der Waals surface area contributed by atoms with E-state index < -0.39 is 0 Å². The number of nitrogens with zero attached hydrogens (tertiary/aromatic N) is 2. The molecule has 0 saturated heterocycles. The molecule has 1 aliphatic heterocycles. The van der Waals surface area contributed by atoms with Crippen LogP contribution in [0.2, 0.25) is 0 Å². The number of hydrogen-bond donors (Lipinski definition) is 0. The standard InChI is InChI=1S/C25H24N2O3/c1-17-12-22-24(30-17)14-23(27(22)15-18-6-5-9-21(13-18)29-2)25(28)26-11-10-19-7-3-4-8-20(19)16-26/h3-9,12-14H,10-11,15-16H2,1-2H3. The fraction of sp³-hybridized carbons (Fsp3) is 0.240. The third-order valence-electron chi connectivity index (χ3n) is 5.82. The molecule has 2 aromatic heterocycles. The van der Waals surface area contributed by atoms with Gasteiger partial charge in [-0.25, -0.2) is 0 Å². The number of fused-ring (bicyclic) bond motifs is 2. The number of aryl methyl sites for hydroxylation is 1. The van der Waals surface area contributed by atoms with E-state index in [-0.39, 0.29) is 5.91 Å². The lowest BCUT2D eigenvalue weighted by Crippen LogP contribution is -2.37. The first-order valence-electron chi connectivity index (χ1n) is 10.2. The second kappa shape index (κ2) is 7.41. The van der Waals surface area contributed by atoms with Crippen LogP contribution in [0.1, 0.15) is 32.9 Å². The smallest absolute Gasteiger partial charge is 0.270 e. The maximum atomic E-state index is 13.5. The van der Waals surface area contributed by atoms with E-state index in [4.69, 9.17) is 9.15 Å². The molecule has 0 unspecified atom stereocenters. The van der Waals surface area contributed by atoms with Gasteiger partial charge in [0.1, 0.15) is 17.2 Å². The average molecular weight is 400 g/mol. The SMILES string of the molecule is COc1cccc(Cn2c(C(=O)N3CCc4ccccc4C3)cc3oc(C)cc32)c1. The molecule has 0 spiro atoms. The van der Waals surface area contributed by atoms with Gasteiger partial charge in [-0.2, -0.15) is 0 Å². The molecule has 4 aromatic rings. The van der Waals surface area contributed by atoms with Gasteiger partial charge in [0.15, 0.2) is 5.58 Å². The summed E-state index contributed by atoms with van der Waals surface area (Å²) in [7, 11) is 1.66. The Morgan fingerprint density at radius 3 is 2.73 bits per heavy atom. The van der Waals surface area contributed by atoms with Gasteiger partial charge in [-0.1, -0.05) is 36.4 Å². The highest BCUT2D eigenvalue weighted by atomic mass is 16.5. The summed E-state index contributed by atoms with van der Waals surface area (Å²) in [4.78, 5) is 15.5. The van der Waals surface area contributed by atoms with E-state index in [1.54, 1.807) is 7.11 Å². The molecule has 1 aliphatic rings. The lowest BCUT2D eigenvalue weighted by Gasteiger charge is -2.29. The number of ether oxygens (including phenoxy) is 1. The van der Waals surface area contributed by atoms with Crippen LogP contribution in [0, 0.1) is 6.92 Å². The maximum absolute atomic E-state index is 13.5. The molecule has 0 bridgehead atoms. The van der Waals surface area contributed by atoms with E-state index in [2.05, 4.69) is 22.8 Å². The molecule has 0 radical (unpaired) electrons. The van der Waals surface area contributed by atoms with Crippen LogP contribution in [0.15, 0.2) is 65.1 Å². The molecule has 0 fully saturated rings. The zero-order valence-corrected chi connectivity index (χ0v) is 17.2. The van der Waals surface area contributed by atoms with Gasteiger partial charge < -0.3 is 18.6 Å². The first kappa shape index (κ1) is 18.6. The molecule has 2 aromatic carbocycles. The first-order valence-corrected chi connectivity index (χ1v) is 10.2. The van der Waals surface area contributed by atoms with Crippen LogP contribution in [-0.2, 0) is 19.5 Å². The van der Waals surface area contributed by atoms with Crippen molar-refractivity contribution in [3.63, 3.8) is 0 Å². The molecule has 3 heterocycles. The van der Waals surface area contributed by atoms with Crippen LogP contribution < -0.4 is 4.74 Å². The summed E-state index contributed by atoms with van der Waals surface area (Å²) in [5.41, 5.74) is 5.97. The molecule has 0 atom stereocenters. The zero-order valence-electron chi connectivity index (χ0n) is 17.2. The number of carbonyl (C=O) groups is 1. The highest BCUT2D eigenvalue weighted by molar-refractivity contribution is 5.98. The van der Waals surface area contributed by atoms with Gasteiger partial charge in [0, 0.05) is 31.8 Å². The summed E-state index contributed by atoms with van der Waals surface area (Å²) in [5, 5.41) is 0. The molecule has 5 nitrogen and oxygen atoms in total. The fourth-order valence-electron chi connectivity index (χ4n) is 4.30. The minimum atomic E-state index is 0.0384. The molecule has 5 heteroatoms. The van der Waals surface area contributed by atoms with Crippen LogP contribution in [0.4, 0.5) is 0 Å². The molecule has 0 saturated carbocycles. The van der Waals surface area contributed by atoms with Gasteiger partial charge in [-0.3, -0.25) is 4.79 Å². The van der Waals surface area contributed by atoms with Crippen molar-refractivity contribution in [3.05, 3.63) is 88.8 Å². The Hall–Kier alpha value is -3.47. The lowest BCUT2D eigenvalue weighted by molar-refractivity contribution is 0.0724. The number of methoxy groups -OCH3 is 1. The quantitative estimate of drug-likeness (QED) is 0.494. The summed E-state index contributed by atoms with van der Waals surface area (Å²) in [5.74, 6) is 1.68. The predicted octanol–water partition coefficient (Wildman–Crippen LogP) is 4.80. The third-order valence-corrected chi connectivity index (χ3v) is 5.82. The highest BCUT2D eigenvalue weighted by Crippen LogP contribution is 2.28. The molecule has 152 valence electrons. The summed E-state index contributed by atoms with van der Waals surface area (Å²) in [6.07, 6.45) is 0.883. The van der Waals surface area contributed by atoms with Gasteiger partial charge in [-0.15, -0.1) is 0 Å². The minimum absolute atomic E-state index is 0.0384. The van der Waals surface area contributed by atoms with Crippen LogP contribution in [0.3, 0.4) is 0 Å². The number of carbonyl (C=O) groups excluding carboxylic acids is 1. The second-order valence-corrected chi connectivity index (χ2v) is 7.82. The maximum Gasteiger partial charge on any atom is 0.270 e. The number of rotatable bonds is 4. The Kier molecular flexibility index (Phi) is 4.58. The van der Waals surface area contributed by atoms with E-state index >= 15 is 0 Å². The van der Waals surface area contributed by atoms with E-state index in [9.17, 15) is 4.79 Å². The molecule has 1 amide bonds. The normalized spacial score (nSPS) is 13.5. The van der Waals surface area contributed by atoms with Crippen molar-refractivity contribution < 1.29 is 13.9 Å². The third kappa shape index (κ3) is 3.26. The van der Waals surface area contributed by atoms with Crippen molar-refractivity contribution in [2.24, 2.45) is 0 Å². The summed E-state index contributed by atoms with van der Waals surface area (Å²) in [6, 6.07) is 20.2. The van der Waals surface area contributed by atoms with Crippen molar-refractivity contribution in [2.75, 3.05) is 13.7 Å². The first-order chi connectivity index (χ1) is 14.6. The van der Waals surface area contributed by atoms with Crippen molar-refractivity contribution >= 4 is 17.0 Å². The van der Waals surface area contributed by atoms with Gasteiger partial charge in [-0.05, 0) is 42.2 Å². The molecule has 0 N–H and O–H groups in total. The van der Waals surface area contributed by atoms with Gasteiger partial charge in [0.05, 0.1) is 12.6 Å². The number of aromatic nitrogens is 1. The molecule has 0 aliphatic carbocycles. The summed E-state index contributed by atoms with van der Waals surface area (Å²) < 4.78 is 13.3. The van der Waals surface area contributed by atoms with Crippen LogP contribution in [0.25, 0.3) is 11.1 Å². The van der Waals surface area contributed by atoms with Gasteiger partial charge in [0.25, 0.3) is 5.91 Å². The molecular weight excluding hydrogens is 376 g/mol. The highest BCUT2D eigenvalue weighted by Gasteiger charge is 2.26. The van der Waals surface area contributed by atoms with E-state index in [1.807, 2.05) is 54.3 Å². The summed E-state index contributed by atoms with van der Waals surface area (Å²) in [6.45, 7) is 3.87. The number of benzene rings is 2. The predicted molar refractivity (Wildman–Crippen MR) is 116 cm³/mol. The monoisotopic (exact) mass is 400 g/mol. The Morgan fingerprint density at radius 1 is 1.07 bits per heavy atom. The minimum Gasteiger partial charge on any atom is -0.497 e. The van der Waals surface area contributed by atoms with Gasteiger partial charge >= 0.3 is 0 Å². The molecular formula is C25H24N2O3. The molecule has 5 rings (SSSR count). The van der Waals surface area contributed by atoms with Crippen LogP contribution in [0.5, 0.6) is 5.75 Å². The number of furan rings is 1. The van der Waals surface area contributed by atoms with Crippen LogP contribution >= 0.6 is 0 Å². The van der Waals surface area contributed by atoms with E-state index in [0.717, 1.165) is 41.1 Å². The van der Waals surface area contributed by atoms with Crippen LogP contribution in [-0.4, -0.2) is 29.0 Å². The van der Waals surface area contributed by atoms with Crippen molar-refractivity contribution in [1.82, 2.24) is 9.47 Å². The Morgan fingerprint density at radius 2 is 1.90 bits per heavy atom. The second-order valence-electron chi connectivity index (χ2n) is 7.82. The van der Waals surface area contributed by atoms with Crippen molar-refractivity contribution in [3.8, 4) is 5.75 Å². The van der Waals surface area contributed by atoms with Crippen molar-refractivity contribution in [2.45, 2.75) is 26.4 Å². The zero-order chi connectivity index (χ0) is 20.7. The number of hydrogen-bond acceptors (Lipinski definition) is 3. The van der Waals surface area contributed by atoms with E-state index in [1.165, 1.54) is 11.1 Å². The molecule has 30 heavy (non-hydrogen) atoms. The Balaban J connectivity index is 1.52. The number of amides is 1. The largest absolute Gasteiger partial charge is 0.497 e. The Labute approximate surface area is 175 Å². The average Bonchev–Trinajstić information content (AvgIpc) is 3.29. The fourth-order valence-corrected chi connectivity index (χ4v) is 4.30. The Bertz CT molecular complexity index is 1230. The summed E-state index contributed by atoms with van der Waals surface area (Å²) >= 11 is 0. The van der Waals surface area contributed by atoms with Crippen molar-refractivity contribution in [1.29, 1.82) is 0 Å². The lowest BCUT2D eigenvalue weighted by atomic mass is 10.00.